The number of nitrogens with one attached hydrogen (secondary N) is 1. The van der Waals surface area contributed by atoms with Gasteiger partial charge in [-0.25, -0.2) is 19.3 Å². The minimum Gasteiger partial charge on any atom is -0.444 e. The van der Waals surface area contributed by atoms with Crippen molar-refractivity contribution in [3.63, 3.8) is 0 Å². The van der Waals surface area contributed by atoms with Crippen LogP contribution in [0.1, 0.15) is 70.3 Å². The fourth-order valence-corrected chi connectivity index (χ4v) is 4.76. The highest BCUT2D eigenvalue weighted by Gasteiger charge is 2.31. The van der Waals surface area contributed by atoms with Crippen molar-refractivity contribution >= 4 is 23.5 Å². The molecule has 2 fully saturated rings. The van der Waals surface area contributed by atoms with E-state index < -0.39 is 0 Å². The monoisotopic (exact) mass is 526 g/mol. The lowest BCUT2D eigenvalue weighted by molar-refractivity contribution is -0.125. The van der Waals surface area contributed by atoms with Crippen molar-refractivity contribution in [1.29, 1.82) is 0 Å². The van der Waals surface area contributed by atoms with E-state index in [0.717, 1.165) is 35.8 Å². The van der Waals surface area contributed by atoms with Crippen molar-refractivity contribution < 1.29 is 14.3 Å². The van der Waals surface area contributed by atoms with E-state index in [4.69, 9.17) is 14.8 Å². The summed E-state index contributed by atoms with van der Waals surface area (Å²) in [5.41, 5.74) is 1.79. The standard InChI is InChI=1S/C27H42N8O3/c1-18(2)22-16-28-26-25(30-24(19(3)4)31-35(22)26)29-20-9-13-33(14-10-20)27(37)38-21-11-15-34(17-21)23(36)8-7-12-32(5)6/h7-8,16,18-21H,9-15,17H2,1-6H3,(H,29,30,31). The van der Waals surface area contributed by atoms with Crippen LogP contribution in [0.5, 0.6) is 0 Å². The molecular formula is C27H42N8O3. The van der Waals surface area contributed by atoms with Gasteiger partial charge in [-0.2, -0.15) is 5.10 Å². The molecule has 1 unspecified atom stereocenters. The predicted molar refractivity (Wildman–Crippen MR) is 146 cm³/mol. The fourth-order valence-electron chi connectivity index (χ4n) is 4.76. The predicted octanol–water partition coefficient (Wildman–Crippen LogP) is 3.10. The Labute approximate surface area is 225 Å². The molecule has 0 aliphatic carbocycles. The van der Waals surface area contributed by atoms with Crippen LogP contribution in [0.4, 0.5) is 10.6 Å². The third-order valence-electron chi connectivity index (χ3n) is 7.06. The average molecular weight is 527 g/mol. The van der Waals surface area contributed by atoms with Gasteiger partial charge < -0.3 is 24.8 Å². The van der Waals surface area contributed by atoms with Crippen molar-refractivity contribution in [2.24, 2.45) is 0 Å². The Hall–Kier alpha value is -3.21. The smallest absolute Gasteiger partial charge is 0.410 e. The molecule has 0 radical (unpaired) electrons. The fraction of sp³-hybridized carbons (Fsp3) is 0.667. The number of piperidine rings is 1. The highest BCUT2D eigenvalue weighted by atomic mass is 16.6. The van der Waals surface area contributed by atoms with Gasteiger partial charge >= 0.3 is 6.09 Å². The molecule has 2 amide bonds. The second-order valence-corrected chi connectivity index (χ2v) is 11.2. The minimum atomic E-state index is -0.299. The van der Waals surface area contributed by atoms with E-state index in [2.05, 4.69) is 38.0 Å². The van der Waals surface area contributed by atoms with Crippen LogP contribution in [-0.4, -0.2) is 105 Å². The molecule has 208 valence electrons. The van der Waals surface area contributed by atoms with Gasteiger partial charge in [-0.3, -0.25) is 4.79 Å². The number of amides is 2. The Bertz CT molecular complexity index is 1150. The Kier molecular flexibility index (Phi) is 8.86. The van der Waals surface area contributed by atoms with E-state index in [9.17, 15) is 9.59 Å². The van der Waals surface area contributed by atoms with Crippen molar-refractivity contribution in [3.8, 4) is 0 Å². The van der Waals surface area contributed by atoms with Crippen LogP contribution in [0.2, 0.25) is 0 Å². The van der Waals surface area contributed by atoms with Gasteiger partial charge in [0.25, 0.3) is 0 Å². The number of likely N-dealkylation sites (tertiary alicyclic amines) is 2. The van der Waals surface area contributed by atoms with Gasteiger partial charge in [-0.1, -0.05) is 33.8 Å². The van der Waals surface area contributed by atoms with Crippen LogP contribution in [0.25, 0.3) is 5.65 Å². The summed E-state index contributed by atoms with van der Waals surface area (Å²) in [6.07, 6.45) is 7.01. The zero-order valence-corrected chi connectivity index (χ0v) is 23.6. The van der Waals surface area contributed by atoms with Crippen LogP contribution in [0.3, 0.4) is 0 Å². The minimum absolute atomic E-state index is 0.0327. The van der Waals surface area contributed by atoms with Gasteiger partial charge in [0.05, 0.1) is 18.4 Å². The maximum Gasteiger partial charge on any atom is 0.410 e. The van der Waals surface area contributed by atoms with Gasteiger partial charge in [0, 0.05) is 50.6 Å². The van der Waals surface area contributed by atoms with Crippen LogP contribution < -0.4 is 5.32 Å². The normalized spacial score (nSPS) is 19.0. The average Bonchev–Trinajstić information content (AvgIpc) is 3.51. The lowest BCUT2D eigenvalue weighted by Gasteiger charge is -2.32. The molecule has 2 saturated heterocycles. The molecule has 4 heterocycles. The zero-order valence-electron chi connectivity index (χ0n) is 23.6. The summed E-state index contributed by atoms with van der Waals surface area (Å²) in [5.74, 6) is 1.97. The van der Waals surface area contributed by atoms with Crippen molar-refractivity contribution in [3.05, 3.63) is 29.9 Å². The van der Waals surface area contributed by atoms with Gasteiger partial charge in [-0.15, -0.1) is 0 Å². The number of likely N-dealkylation sites (N-methyl/N-ethyl adjacent to an activating group) is 1. The summed E-state index contributed by atoms with van der Waals surface area (Å²) in [5, 5.41) is 8.31. The van der Waals surface area contributed by atoms with Crippen LogP contribution in [-0.2, 0) is 9.53 Å². The number of anilines is 1. The zero-order chi connectivity index (χ0) is 27.4. The second kappa shape index (κ2) is 12.1. The SMILES string of the molecule is CC(C)c1nc(NC2CCN(C(=O)OC3CCN(C(=O)C=CCN(C)C)C3)CC2)c2ncc(C(C)C)n2n1. The van der Waals surface area contributed by atoms with Gasteiger partial charge in [0.2, 0.25) is 5.91 Å². The Morgan fingerprint density at radius 3 is 2.47 bits per heavy atom. The van der Waals surface area contributed by atoms with Crippen molar-refractivity contribution in [2.75, 3.05) is 52.1 Å². The lowest BCUT2D eigenvalue weighted by atomic mass is 10.1. The molecule has 2 aliphatic heterocycles. The largest absolute Gasteiger partial charge is 0.444 e. The third kappa shape index (κ3) is 6.61. The number of hydrogen-bond donors (Lipinski definition) is 1. The second-order valence-electron chi connectivity index (χ2n) is 11.2. The summed E-state index contributed by atoms with van der Waals surface area (Å²) in [6, 6.07) is 0.172. The van der Waals surface area contributed by atoms with E-state index in [1.165, 1.54) is 0 Å². The number of aromatic nitrogens is 4. The quantitative estimate of drug-likeness (QED) is 0.523. The number of carbonyl (C=O) groups is 2. The molecule has 0 aromatic carbocycles. The van der Waals surface area contributed by atoms with Gasteiger partial charge in [0.1, 0.15) is 6.10 Å². The topological polar surface area (TPSA) is 108 Å². The molecule has 11 nitrogen and oxygen atoms in total. The molecule has 11 heteroatoms. The molecule has 2 aliphatic rings. The molecule has 0 spiro atoms. The maximum absolute atomic E-state index is 12.8. The van der Waals surface area contributed by atoms with Gasteiger partial charge in [-0.05, 0) is 32.9 Å². The van der Waals surface area contributed by atoms with E-state index >= 15 is 0 Å². The molecule has 4 rings (SSSR count). The van der Waals surface area contributed by atoms with Crippen LogP contribution in [0.15, 0.2) is 18.3 Å². The molecule has 2 aromatic heterocycles. The molecule has 0 bridgehead atoms. The van der Waals surface area contributed by atoms with E-state index in [-0.39, 0.29) is 30.1 Å². The highest BCUT2D eigenvalue weighted by molar-refractivity contribution is 5.87. The van der Waals surface area contributed by atoms with E-state index in [1.807, 2.05) is 35.8 Å². The number of carbonyl (C=O) groups excluding carboxylic acids is 2. The summed E-state index contributed by atoms with van der Waals surface area (Å²) >= 11 is 0. The summed E-state index contributed by atoms with van der Waals surface area (Å²) < 4.78 is 7.67. The first-order valence-corrected chi connectivity index (χ1v) is 13.7. The number of imidazole rings is 1. The number of hydrogen-bond acceptors (Lipinski definition) is 8. The molecule has 2 aromatic rings. The number of ether oxygens (including phenoxy) is 1. The highest BCUT2D eigenvalue weighted by Crippen LogP contribution is 2.24. The Morgan fingerprint density at radius 2 is 1.82 bits per heavy atom. The van der Waals surface area contributed by atoms with E-state index in [1.54, 1.807) is 15.9 Å². The number of nitrogens with zero attached hydrogens (tertiary/aromatic N) is 7. The van der Waals surface area contributed by atoms with Crippen molar-refractivity contribution in [1.82, 2.24) is 34.3 Å². The first-order valence-electron chi connectivity index (χ1n) is 13.7. The summed E-state index contributed by atoms with van der Waals surface area (Å²) in [4.78, 5) is 40.1. The summed E-state index contributed by atoms with van der Waals surface area (Å²) in [6.45, 7) is 11.4. The number of fused-ring (bicyclic) bond motifs is 1. The Balaban J connectivity index is 1.30. The molecule has 38 heavy (non-hydrogen) atoms. The number of rotatable bonds is 8. The maximum atomic E-state index is 12.8. The van der Waals surface area contributed by atoms with Crippen LogP contribution >= 0.6 is 0 Å². The van der Waals surface area contributed by atoms with Crippen molar-refractivity contribution in [2.45, 2.75) is 70.9 Å². The first kappa shape index (κ1) is 27.8. The molecule has 1 N–H and O–H groups in total. The van der Waals surface area contributed by atoms with Crippen LogP contribution in [0, 0.1) is 0 Å². The van der Waals surface area contributed by atoms with Gasteiger partial charge in [0.15, 0.2) is 17.3 Å². The first-order chi connectivity index (χ1) is 18.1. The molecular weight excluding hydrogens is 484 g/mol. The lowest BCUT2D eigenvalue weighted by Crippen LogP contribution is -2.44. The van der Waals surface area contributed by atoms with E-state index in [0.29, 0.717) is 45.1 Å². The Morgan fingerprint density at radius 1 is 1.11 bits per heavy atom. The third-order valence-corrected chi connectivity index (χ3v) is 7.06. The summed E-state index contributed by atoms with van der Waals surface area (Å²) in [7, 11) is 3.91. The molecule has 0 saturated carbocycles. The molecule has 1 atom stereocenters.